The third kappa shape index (κ3) is 4.54. The zero-order chi connectivity index (χ0) is 15.9. The molecule has 3 rings (SSSR count). The van der Waals surface area contributed by atoms with Crippen LogP contribution in [0.1, 0.15) is 16.7 Å². The first-order valence-electron chi connectivity index (χ1n) is 7.68. The van der Waals surface area contributed by atoms with E-state index in [9.17, 15) is 4.79 Å². The summed E-state index contributed by atoms with van der Waals surface area (Å²) in [5, 5.41) is 4.06. The molecular weight excluding hydrogens is 302 g/mol. The molecule has 0 unspecified atom stereocenters. The molecule has 0 saturated carbocycles. The molecule has 0 fully saturated rings. The molecule has 0 saturated heterocycles. The summed E-state index contributed by atoms with van der Waals surface area (Å²) in [6, 6.07) is 22.3. The topological polar surface area (TPSA) is 20.3 Å². The van der Waals surface area contributed by atoms with Crippen molar-refractivity contribution in [2.75, 3.05) is 0 Å². The fraction of sp³-hybridized carbons (Fsp3) is 0.150. The highest BCUT2D eigenvalue weighted by Gasteiger charge is 2.15. The second-order valence-electron chi connectivity index (χ2n) is 5.53. The second kappa shape index (κ2) is 7.75. The Kier molecular flexibility index (Phi) is 5.22. The lowest BCUT2D eigenvalue weighted by molar-refractivity contribution is -0.131. The molecule has 3 aromatic rings. The molecule has 0 aliphatic heterocycles. The van der Waals surface area contributed by atoms with Gasteiger partial charge in [-0.3, -0.25) is 4.79 Å². The van der Waals surface area contributed by atoms with E-state index in [2.05, 4.69) is 24.3 Å². The highest BCUT2D eigenvalue weighted by atomic mass is 32.1. The van der Waals surface area contributed by atoms with Gasteiger partial charge >= 0.3 is 0 Å². The van der Waals surface area contributed by atoms with Gasteiger partial charge in [0.15, 0.2) is 0 Å². The van der Waals surface area contributed by atoms with Gasteiger partial charge in [-0.05, 0) is 33.5 Å². The molecule has 1 amide bonds. The molecule has 0 atom stereocenters. The maximum absolute atomic E-state index is 12.7. The molecule has 2 aromatic carbocycles. The largest absolute Gasteiger partial charge is 0.334 e. The van der Waals surface area contributed by atoms with Gasteiger partial charge in [0.1, 0.15) is 0 Å². The van der Waals surface area contributed by atoms with Crippen molar-refractivity contribution in [2.24, 2.45) is 0 Å². The SMILES string of the molecule is O=C(Cc1ccsc1)N(Cc1ccccc1)Cc1ccccc1. The minimum atomic E-state index is 0.163. The normalized spacial score (nSPS) is 10.4. The van der Waals surface area contributed by atoms with Crippen LogP contribution in [-0.2, 0) is 24.3 Å². The number of hydrogen-bond donors (Lipinski definition) is 0. The number of carbonyl (C=O) groups excluding carboxylic acids is 1. The molecular formula is C20H19NOS. The fourth-order valence-electron chi connectivity index (χ4n) is 2.52. The minimum absolute atomic E-state index is 0.163. The van der Waals surface area contributed by atoms with Crippen LogP contribution in [0.25, 0.3) is 0 Å². The summed E-state index contributed by atoms with van der Waals surface area (Å²) in [7, 11) is 0. The summed E-state index contributed by atoms with van der Waals surface area (Å²) < 4.78 is 0. The lowest BCUT2D eigenvalue weighted by Crippen LogP contribution is -2.31. The third-order valence-electron chi connectivity index (χ3n) is 3.72. The minimum Gasteiger partial charge on any atom is -0.334 e. The van der Waals surface area contributed by atoms with Crippen molar-refractivity contribution in [1.29, 1.82) is 0 Å². The molecule has 0 aliphatic rings. The van der Waals surface area contributed by atoms with Gasteiger partial charge in [0.05, 0.1) is 6.42 Å². The van der Waals surface area contributed by atoms with Crippen LogP contribution in [0.5, 0.6) is 0 Å². The first-order chi connectivity index (χ1) is 11.3. The number of nitrogens with zero attached hydrogens (tertiary/aromatic N) is 1. The van der Waals surface area contributed by atoms with Crippen molar-refractivity contribution in [1.82, 2.24) is 4.90 Å². The van der Waals surface area contributed by atoms with E-state index in [4.69, 9.17) is 0 Å². The second-order valence-corrected chi connectivity index (χ2v) is 6.31. The average Bonchev–Trinajstić information content (AvgIpc) is 3.09. The molecule has 0 aliphatic carbocycles. The zero-order valence-corrected chi connectivity index (χ0v) is 13.7. The van der Waals surface area contributed by atoms with Gasteiger partial charge in [0.2, 0.25) is 5.91 Å². The van der Waals surface area contributed by atoms with Crippen LogP contribution in [-0.4, -0.2) is 10.8 Å². The third-order valence-corrected chi connectivity index (χ3v) is 4.45. The van der Waals surface area contributed by atoms with E-state index >= 15 is 0 Å². The highest BCUT2D eigenvalue weighted by Crippen LogP contribution is 2.14. The molecule has 0 N–H and O–H groups in total. The Bertz CT molecular complexity index is 681. The van der Waals surface area contributed by atoms with E-state index in [0.29, 0.717) is 19.5 Å². The highest BCUT2D eigenvalue weighted by molar-refractivity contribution is 7.08. The van der Waals surface area contributed by atoms with Gasteiger partial charge < -0.3 is 4.90 Å². The quantitative estimate of drug-likeness (QED) is 0.653. The summed E-state index contributed by atoms with van der Waals surface area (Å²) in [6.07, 6.45) is 0.461. The molecule has 0 radical (unpaired) electrons. The molecule has 1 heterocycles. The van der Waals surface area contributed by atoms with Gasteiger partial charge in [-0.15, -0.1) is 0 Å². The smallest absolute Gasteiger partial charge is 0.227 e. The Labute approximate surface area is 141 Å². The average molecular weight is 321 g/mol. The van der Waals surface area contributed by atoms with Crippen molar-refractivity contribution in [3.8, 4) is 0 Å². The molecule has 1 aromatic heterocycles. The Balaban J connectivity index is 1.76. The predicted molar refractivity (Wildman–Crippen MR) is 95.2 cm³/mol. The first kappa shape index (κ1) is 15.5. The van der Waals surface area contributed by atoms with Gasteiger partial charge in [0, 0.05) is 13.1 Å². The van der Waals surface area contributed by atoms with E-state index in [1.165, 1.54) is 0 Å². The number of benzene rings is 2. The molecule has 23 heavy (non-hydrogen) atoms. The van der Waals surface area contributed by atoms with Crippen molar-refractivity contribution < 1.29 is 4.79 Å². The molecule has 0 spiro atoms. The first-order valence-corrected chi connectivity index (χ1v) is 8.62. The van der Waals surface area contributed by atoms with Crippen LogP contribution in [0.15, 0.2) is 77.5 Å². The lowest BCUT2D eigenvalue weighted by atomic mass is 10.1. The number of hydrogen-bond acceptors (Lipinski definition) is 2. The van der Waals surface area contributed by atoms with E-state index in [1.807, 2.05) is 58.1 Å². The number of amides is 1. The fourth-order valence-corrected chi connectivity index (χ4v) is 3.19. The van der Waals surface area contributed by atoms with Gasteiger partial charge in [-0.25, -0.2) is 0 Å². The van der Waals surface area contributed by atoms with E-state index in [1.54, 1.807) is 11.3 Å². The van der Waals surface area contributed by atoms with Crippen molar-refractivity contribution in [2.45, 2.75) is 19.5 Å². The van der Waals surface area contributed by atoms with Crippen LogP contribution in [0, 0.1) is 0 Å². The molecule has 2 nitrogen and oxygen atoms in total. The van der Waals surface area contributed by atoms with Gasteiger partial charge in [0.25, 0.3) is 0 Å². The Morgan fingerprint density at radius 3 is 1.83 bits per heavy atom. The summed E-state index contributed by atoms with van der Waals surface area (Å²) in [5.74, 6) is 0.163. The maximum Gasteiger partial charge on any atom is 0.227 e. The molecule has 116 valence electrons. The van der Waals surface area contributed by atoms with Crippen LogP contribution >= 0.6 is 11.3 Å². The number of rotatable bonds is 6. The van der Waals surface area contributed by atoms with Crippen molar-refractivity contribution in [3.63, 3.8) is 0 Å². The summed E-state index contributed by atoms with van der Waals surface area (Å²) >= 11 is 1.63. The zero-order valence-electron chi connectivity index (χ0n) is 12.9. The standard InChI is InChI=1S/C20H19NOS/c22-20(13-19-11-12-23-16-19)21(14-17-7-3-1-4-8-17)15-18-9-5-2-6-10-18/h1-12,16H,13-15H2. The van der Waals surface area contributed by atoms with Crippen LogP contribution in [0.2, 0.25) is 0 Å². The summed E-state index contributed by atoms with van der Waals surface area (Å²) in [6.45, 7) is 1.28. The molecule has 3 heteroatoms. The van der Waals surface area contributed by atoms with E-state index < -0.39 is 0 Å². The monoisotopic (exact) mass is 321 g/mol. The van der Waals surface area contributed by atoms with Crippen LogP contribution in [0.3, 0.4) is 0 Å². The van der Waals surface area contributed by atoms with Crippen LogP contribution in [0.4, 0.5) is 0 Å². The summed E-state index contributed by atoms with van der Waals surface area (Å²) in [5.41, 5.74) is 3.40. The summed E-state index contributed by atoms with van der Waals surface area (Å²) in [4.78, 5) is 14.7. The predicted octanol–water partition coefficient (Wildman–Crippen LogP) is 4.52. The van der Waals surface area contributed by atoms with E-state index in [0.717, 1.165) is 16.7 Å². The molecule has 0 bridgehead atoms. The Morgan fingerprint density at radius 2 is 1.35 bits per heavy atom. The van der Waals surface area contributed by atoms with Crippen LogP contribution < -0.4 is 0 Å². The van der Waals surface area contributed by atoms with E-state index in [-0.39, 0.29) is 5.91 Å². The number of carbonyl (C=O) groups is 1. The van der Waals surface area contributed by atoms with Gasteiger partial charge in [-0.1, -0.05) is 60.7 Å². The van der Waals surface area contributed by atoms with Crippen molar-refractivity contribution >= 4 is 17.2 Å². The Morgan fingerprint density at radius 1 is 0.783 bits per heavy atom. The van der Waals surface area contributed by atoms with Crippen molar-refractivity contribution in [3.05, 3.63) is 94.2 Å². The van der Waals surface area contributed by atoms with Gasteiger partial charge in [-0.2, -0.15) is 11.3 Å². The Hall–Kier alpha value is -2.39. The lowest BCUT2D eigenvalue weighted by Gasteiger charge is -2.23. The maximum atomic E-state index is 12.7. The number of thiophene rings is 1.